The Balaban J connectivity index is 2.08. The fourth-order valence-electron chi connectivity index (χ4n) is 1.84. The molecule has 1 heterocycles. The van der Waals surface area contributed by atoms with Crippen molar-refractivity contribution in [3.05, 3.63) is 68.4 Å². The van der Waals surface area contributed by atoms with Crippen LogP contribution in [0, 0.1) is 10.1 Å². The van der Waals surface area contributed by atoms with Crippen LogP contribution in [-0.4, -0.2) is 9.91 Å². The molecule has 0 aliphatic rings. The molecule has 1 N–H and O–H groups in total. The smallest absolute Gasteiger partial charge is 0.283 e. The maximum atomic E-state index is 10.9. The molecular formula is C14H14BrN3O2. The SMILES string of the molecule is C[C@@H](NCc1cccc([N+](=O)[O-])c1Br)c1ccccn1. The van der Waals surface area contributed by atoms with Crippen LogP contribution >= 0.6 is 15.9 Å². The molecule has 0 aliphatic heterocycles. The molecule has 0 fully saturated rings. The lowest BCUT2D eigenvalue weighted by atomic mass is 10.1. The van der Waals surface area contributed by atoms with Crippen molar-refractivity contribution in [2.24, 2.45) is 0 Å². The van der Waals surface area contributed by atoms with Crippen LogP contribution in [0.15, 0.2) is 47.1 Å². The third kappa shape index (κ3) is 3.40. The van der Waals surface area contributed by atoms with Gasteiger partial charge in [-0.3, -0.25) is 15.1 Å². The lowest BCUT2D eigenvalue weighted by molar-refractivity contribution is -0.385. The van der Waals surface area contributed by atoms with Gasteiger partial charge < -0.3 is 5.32 Å². The highest BCUT2D eigenvalue weighted by Crippen LogP contribution is 2.28. The first-order chi connectivity index (χ1) is 9.59. The van der Waals surface area contributed by atoms with E-state index in [9.17, 15) is 10.1 Å². The van der Waals surface area contributed by atoms with Crippen LogP contribution in [0.5, 0.6) is 0 Å². The Bertz CT molecular complexity index is 605. The molecule has 1 atom stereocenters. The summed E-state index contributed by atoms with van der Waals surface area (Å²) < 4.78 is 0.519. The molecule has 6 heteroatoms. The second-order valence-electron chi connectivity index (χ2n) is 4.36. The van der Waals surface area contributed by atoms with E-state index in [-0.39, 0.29) is 11.7 Å². The van der Waals surface area contributed by atoms with Crippen LogP contribution < -0.4 is 5.32 Å². The number of pyridine rings is 1. The molecule has 2 rings (SSSR count). The van der Waals surface area contributed by atoms with E-state index in [0.29, 0.717) is 11.0 Å². The molecule has 0 spiro atoms. The van der Waals surface area contributed by atoms with Crippen LogP contribution in [0.2, 0.25) is 0 Å². The minimum Gasteiger partial charge on any atom is -0.305 e. The summed E-state index contributed by atoms with van der Waals surface area (Å²) in [7, 11) is 0. The van der Waals surface area contributed by atoms with Crippen LogP contribution in [-0.2, 0) is 6.54 Å². The standard InChI is InChI=1S/C14H14BrN3O2/c1-10(12-6-2-3-8-16-12)17-9-11-5-4-7-13(14(11)15)18(19)20/h2-8,10,17H,9H2,1H3/t10-/m1/s1. The highest BCUT2D eigenvalue weighted by atomic mass is 79.9. The summed E-state index contributed by atoms with van der Waals surface area (Å²) in [6.45, 7) is 2.54. The van der Waals surface area contributed by atoms with E-state index in [1.54, 1.807) is 12.3 Å². The van der Waals surface area contributed by atoms with Gasteiger partial charge in [0.2, 0.25) is 0 Å². The highest BCUT2D eigenvalue weighted by Gasteiger charge is 2.15. The molecule has 1 aromatic heterocycles. The summed E-state index contributed by atoms with van der Waals surface area (Å²) in [6.07, 6.45) is 1.75. The van der Waals surface area contributed by atoms with Gasteiger partial charge in [0.1, 0.15) is 0 Å². The quantitative estimate of drug-likeness (QED) is 0.669. The van der Waals surface area contributed by atoms with Crippen molar-refractivity contribution in [2.75, 3.05) is 0 Å². The van der Waals surface area contributed by atoms with E-state index in [1.165, 1.54) is 6.07 Å². The minimum absolute atomic E-state index is 0.0716. The van der Waals surface area contributed by atoms with Gasteiger partial charge in [-0.1, -0.05) is 18.2 Å². The molecule has 104 valence electrons. The number of nitrogens with one attached hydrogen (secondary N) is 1. The zero-order valence-electron chi connectivity index (χ0n) is 10.9. The van der Waals surface area contributed by atoms with Gasteiger partial charge in [-0.25, -0.2) is 0 Å². The fraction of sp³-hybridized carbons (Fsp3) is 0.214. The van der Waals surface area contributed by atoms with Crippen molar-refractivity contribution in [1.29, 1.82) is 0 Å². The van der Waals surface area contributed by atoms with Gasteiger partial charge in [-0.05, 0) is 40.5 Å². The van der Waals surface area contributed by atoms with Crippen LogP contribution in [0.25, 0.3) is 0 Å². The monoisotopic (exact) mass is 335 g/mol. The number of nitrogens with zero attached hydrogens (tertiary/aromatic N) is 2. The third-order valence-corrected chi connectivity index (χ3v) is 3.90. The average molecular weight is 336 g/mol. The molecule has 0 amide bonds. The van der Waals surface area contributed by atoms with Crippen molar-refractivity contribution in [1.82, 2.24) is 10.3 Å². The summed E-state index contributed by atoms with van der Waals surface area (Å²) in [4.78, 5) is 14.8. The molecule has 2 aromatic rings. The fourth-order valence-corrected chi connectivity index (χ4v) is 2.39. The number of nitro benzene ring substituents is 1. The predicted molar refractivity (Wildman–Crippen MR) is 80.3 cm³/mol. The van der Waals surface area contributed by atoms with Gasteiger partial charge in [0.05, 0.1) is 15.1 Å². The zero-order valence-corrected chi connectivity index (χ0v) is 12.5. The molecular weight excluding hydrogens is 322 g/mol. The van der Waals surface area contributed by atoms with Crippen molar-refractivity contribution in [3.8, 4) is 0 Å². The third-order valence-electron chi connectivity index (χ3n) is 2.99. The van der Waals surface area contributed by atoms with E-state index < -0.39 is 4.92 Å². The number of hydrogen-bond donors (Lipinski definition) is 1. The molecule has 0 radical (unpaired) electrons. The van der Waals surface area contributed by atoms with Crippen molar-refractivity contribution < 1.29 is 4.92 Å². The van der Waals surface area contributed by atoms with Gasteiger partial charge in [0.15, 0.2) is 0 Å². The second kappa shape index (κ2) is 6.58. The Morgan fingerprint density at radius 2 is 2.15 bits per heavy atom. The first-order valence-corrected chi connectivity index (χ1v) is 6.95. The summed E-state index contributed by atoms with van der Waals surface area (Å²) in [5, 5.41) is 14.2. The molecule has 0 unspecified atom stereocenters. The molecule has 20 heavy (non-hydrogen) atoms. The van der Waals surface area contributed by atoms with Crippen molar-refractivity contribution in [2.45, 2.75) is 19.5 Å². The number of benzene rings is 1. The summed E-state index contributed by atoms with van der Waals surface area (Å²) in [5.41, 5.74) is 1.87. The Labute approximate surface area is 125 Å². The normalized spacial score (nSPS) is 12.1. The maximum Gasteiger partial charge on any atom is 0.283 e. The first kappa shape index (κ1) is 14.6. The molecule has 5 nitrogen and oxygen atoms in total. The number of nitro groups is 1. The maximum absolute atomic E-state index is 10.9. The Hall–Kier alpha value is -1.79. The van der Waals surface area contributed by atoms with Crippen molar-refractivity contribution >= 4 is 21.6 Å². The van der Waals surface area contributed by atoms with Crippen LogP contribution in [0.4, 0.5) is 5.69 Å². The first-order valence-electron chi connectivity index (χ1n) is 6.15. The van der Waals surface area contributed by atoms with E-state index in [1.807, 2.05) is 31.2 Å². The van der Waals surface area contributed by atoms with Gasteiger partial charge in [0.25, 0.3) is 5.69 Å². The predicted octanol–water partition coefficient (Wildman–Crippen LogP) is 3.60. The lowest BCUT2D eigenvalue weighted by Gasteiger charge is -2.14. The largest absolute Gasteiger partial charge is 0.305 e. The molecule has 0 aliphatic carbocycles. The zero-order chi connectivity index (χ0) is 14.5. The number of hydrogen-bond acceptors (Lipinski definition) is 4. The number of halogens is 1. The molecule has 1 aromatic carbocycles. The highest BCUT2D eigenvalue weighted by molar-refractivity contribution is 9.10. The van der Waals surface area contributed by atoms with Gasteiger partial charge >= 0.3 is 0 Å². The Morgan fingerprint density at radius 1 is 1.35 bits per heavy atom. The second-order valence-corrected chi connectivity index (χ2v) is 5.16. The number of rotatable bonds is 5. The Morgan fingerprint density at radius 3 is 2.80 bits per heavy atom. The van der Waals surface area contributed by atoms with E-state index in [4.69, 9.17) is 0 Å². The summed E-state index contributed by atoms with van der Waals surface area (Å²) in [6, 6.07) is 10.8. The topological polar surface area (TPSA) is 68.1 Å². The molecule has 0 saturated carbocycles. The molecule has 0 bridgehead atoms. The lowest BCUT2D eigenvalue weighted by Crippen LogP contribution is -2.19. The van der Waals surface area contributed by atoms with Gasteiger partial charge in [-0.2, -0.15) is 0 Å². The van der Waals surface area contributed by atoms with Crippen LogP contribution in [0.1, 0.15) is 24.2 Å². The van der Waals surface area contributed by atoms with Gasteiger partial charge in [0, 0.05) is 24.8 Å². The average Bonchev–Trinajstić information content (AvgIpc) is 2.46. The Kier molecular flexibility index (Phi) is 4.81. The van der Waals surface area contributed by atoms with E-state index >= 15 is 0 Å². The number of aromatic nitrogens is 1. The summed E-state index contributed by atoms with van der Waals surface area (Å²) >= 11 is 3.29. The van der Waals surface area contributed by atoms with Gasteiger partial charge in [-0.15, -0.1) is 0 Å². The van der Waals surface area contributed by atoms with Crippen molar-refractivity contribution in [3.63, 3.8) is 0 Å². The molecule has 0 saturated heterocycles. The van der Waals surface area contributed by atoms with Crippen LogP contribution in [0.3, 0.4) is 0 Å². The van der Waals surface area contributed by atoms with E-state index in [2.05, 4.69) is 26.2 Å². The van der Waals surface area contributed by atoms with E-state index in [0.717, 1.165) is 11.3 Å². The minimum atomic E-state index is -0.393. The summed E-state index contributed by atoms with van der Waals surface area (Å²) in [5.74, 6) is 0.